The maximum atomic E-state index is 12.9. The topological polar surface area (TPSA) is 171 Å². The van der Waals surface area contributed by atoms with E-state index in [0.29, 0.717) is 0 Å². The van der Waals surface area contributed by atoms with Crippen molar-refractivity contribution in [3.8, 4) is 0 Å². The lowest BCUT2D eigenvalue weighted by Gasteiger charge is -2.19. The first-order valence-corrected chi connectivity index (χ1v) is 7.87. The summed E-state index contributed by atoms with van der Waals surface area (Å²) < 4.78 is 17.5. The van der Waals surface area contributed by atoms with E-state index in [1.165, 1.54) is 12.1 Å². The zero-order valence-electron chi connectivity index (χ0n) is 14.4. The molecule has 0 aromatic heterocycles. The van der Waals surface area contributed by atoms with Crippen molar-refractivity contribution in [2.24, 2.45) is 0 Å². The van der Waals surface area contributed by atoms with E-state index in [1.807, 2.05) is 5.32 Å². The number of urea groups is 1. The molecule has 0 fully saturated rings. The van der Waals surface area contributed by atoms with Gasteiger partial charge in [0.25, 0.3) is 12.4 Å². The normalized spacial score (nSPS) is 12.2. The predicted octanol–water partition coefficient (Wildman–Crippen LogP) is -0.328. The van der Waals surface area contributed by atoms with Crippen molar-refractivity contribution < 1.29 is 43.3 Å². The Hall–Kier alpha value is -3.70. The van der Waals surface area contributed by atoms with Crippen molar-refractivity contribution >= 4 is 30.3 Å². The van der Waals surface area contributed by atoms with Crippen molar-refractivity contribution in [3.63, 3.8) is 0 Å². The third kappa shape index (κ3) is 8.12. The fourth-order valence-electron chi connectivity index (χ4n) is 1.95. The van der Waals surface area contributed by atoms with Crippen LogP contribution < -0.4 is 16.0 Å². The number of hydrogen-bond acceptors (Lipinski definition) is 6. The standard InChI is InChI=1S/C16H18FN3O8/c17-10-3-1-9(2-4-10)14(24)20-12(28-8-21)7-18-16(27)19-11(15(25)26)5-6-13(22)23/h1-4,8,11-12H,5-7H2,(H,20,24)(H,22,23)(H,25,26)(H2,18,19,27)/t11-,12+/m0/s1. The summed E-state index contributed by atoms with van der Waals surface area (Å²) in [6.07, 6.45) is -2.10. The average Bonchev–Trinajstić information content (AvgIpc) is 2.63. The van der Waals surface area contributed by atoms with E-state index in [2.05, 4.69) is 15.4 Å². The second-order valence-corrected chi connectivity index (χ2v) is 5.38. The maximum absolute atomic E-state index is 12.9. The van der Waals surface area contributed by atoms with Gasteiger partial charge in [-0.05, 0) is 30.7 Å². The van der Waals surface area contributed by atoms with E-state index >= 15 is 0 Å². The number of benzene rings is 1. The number of hydrogen-bond donors (Lipinski definition) is 5. The molecule has 0 aliphatic heterocycles. The van der Waals surface area contributed by atoms with Crippen LogP contribution in [-0.2, 0) is 19.1 Å². The van der Waals surface area contributed by atoms with Gasteiger partial charge in [0.2, 0.25) is 0 Å². The summed E-state index contributed by atoms with van der Waals surface area (Å²) in [6.45, 7) is -0.384. The number of carboxylic acid groups (broad SMARTS) is 2. The molecular weight excluding hydrogens is 381 g/mol. The van der Waals surface area contributed by atoms with Crippen LogP contribution in [0.15, 0.2) is 24.3 Å². The first kappa shape index (κ1) is 22.3. The summed E-state index contributed by atoms with van der Waals surface area (Å²) in [5, 5.41) is 24.1. The molecule has 152 valence electrons. The molecule has 11 nitrogen and oxygen atoms in total. The summed E-state index contributed by atoms with van der Waals surface area (Å²) in [4.78, 5) is 55.9. The van der Waals surface area contributed by atoms with Crippen LogP contribution in [0.25, 0.3) is 0 Å². The summed E-state index contributed by atoms with van der Waals surface area (Å²) in [5.74, 6) is -3.91. The number of rotatable bonds is 11. The molecule has 0 aliphatic rings. The highest BCUT2D eigenvalue weighted by atomic mass is 19.1. The Balaban J connectivity index is 2.58. The van der Waals surface area contributed by atoms with Gasteiger partial charge in [-0.15, -0.1) is 0 Å². The maximum Gasteiger partial charge on any atom is 0.326 e. The van der Waals surface area contributed by atoms with Crippen LogP contribution in [0, 0.1) is 5.82 Å². The highest BCUT2D eigenvalue weighted by molar-refractivity contribution is 5.94. The molecule has 0 aliphatic carbocycles. The van der Waals surface area contributed by atoms with E-state index < -0.39 is 54.9 Å². The highest BCUT2D eigenvalue weighted by Crippen LogP contribution is 2.03. The van der Waals surface area contributed by atoms with Gasteiger partial charge in [0, 0.05) is 12.0 Å². The van der Waals surface area contributed by atoms with Crippen molar-refractivity contribution in [2.75, 3.05) is 6.54 Å². The minimum atomic E-state index is -1.45. The van der Waals surface area contributed by atoms with E-state index in [4.69, 9.17) is 10.2 Å². The smallest absolute Gasteiger partial charge is 0.326 e. The first-order chi connectivity index (χ1) is 13.2. The lowest BCUT2D eigenvalue weighted by molar-refractivity contribution is -0.140. The second kappa shape index (κ2) is 11.1. The van der Waals surface area contributed by atoms with Crippen molar-refractivity contribution in [1.82, 2.24) is 16.0 Å². The number of halogens is 1. The molecule has 28 heavy (non-hydrogen) atoms. The van der Waals surface area contributed by atoms with Gasteiger partial charge >= 0.3 is 18.0 Å². The van der Waals surface area contributed by atoms with Crippen LogP contribution in [0.5, 0.6) is 0 Å². The Morgan fingerprint density at radius 1 is 1.11 bits per heavy atom. The number of ether oxygens (including phenoxy) is 1. The number of nitrogens with one attached hydrogen (secondary N) is 3. The van der Waals surface area contributed by atoms with Gasteiger partial charge < -0.3 is 30.9 Å². The Morgan fingerprint density at radius 2 is 1.75 bits per heavy atom. The Labute approximate surface area is 157 Å². The summed E-state index contributed by atoms with van der Waals surface area (Å²) in [5.41, 5.74) is 0.0740. The van der Waals surface area contributed by atoms with E-state index in [-0.39, 0.29) is 18.5 Å². The van der Waals surface area contributed by atoms with Crippen LogP contribution in [0.2, 0.25) is 0 Å². The number of carboxylic acids is 2. The molecule has 0 spiro atoms. The van der Waals surface area contributed by atoms with Gasteiger partial charge in [-0.3, -0.25) is 14.4 Å². The molecule has 0 unspecified atom stereocenters. The average molecular weight is 399 g/mol. The zero-order chi connectivity index (χ0) is 21.1. The highest BCUT2D eigenvalue weighted by Gasteiger charge is 2.22. The molecule has 0 heterocycles. The Kier molecular flexibility index (Phi) is 8.86. The summed E-state index contributed by atoms with van der Waals surface area (Å²) >= 11 is 0. The van der Waals surface area contributed by atoms with Crippen molar-refractivity contribution in [2.45, 2.75) is 25.1 Å². The lowest BCUT2D eigenvalue weighted by atomic mass is 10.1. The van der Waals surface area contributed by atoms with E-state index in [9.17, 15) is 28.4 Å². The first-order valence-electron chi connectivity index (χ1n) is 7.87. The quantitative estimate of drug-likeness (QED) is 0.249. The van der Waals surface area contributed by atoms with E-state index in [1.54, 1.807) is 0 Å². The van der Waals surface area contributed by atoms with Gasteiger partial charge in [-0.1, -0.05) is 0 Å². The molecule has 0 saturated heterocycles. The van der Waals surface area contributed by atoms with Crippen LogP contribution >= 0.6 is 0 Å². The largest absolute Gasteiger partial charge is 0.481 e. The van der Waals surface area contributed by atoms with Gasteiger partial charge in [-0.25, -0.2) is 14.0 Å². The number of amides is 3. The van der Waals surface area contributed by atoms with Gasteiger partial charge in [-0.2, -0.15) is 0 Å². The van der Waals surface area contributed by atoms with Crippen LogP contribution in [-0.4, -0.2) is 59.4 Å². The van der Waals surface area contributed by atoms with Crippen LogP contribution in [0.1, 0.15) is 23.2 Å². The van der Waals surface area contributed by atoms with Crippen LogP contribution in [0.4, 0.5) is 9.18 Å². The molecular formula is C16H18FN3O8. The monoisotopic (exact) mass is 399 g/mol. The minimum Gasteiger partial charge on any atom is -0.481 e. The van der Waals surface area contributed by atoms with Gasteiger partial charge in [0.15, 0.2) is 6.23 Å². The lowest BCUT2D eigenvalue weighted by Crippen LogP contribution is -2.51. The third-order valence-corrected chi connectivity index (χ3v) is 3.32. The SMILES string of the molecule is O=CO[C@H](CNC(=O)N[C@@H](CCC(=O)O)C(=O)O)NC(=O)c1ccc(F)cc1. The van der Waals surface area contributed by atoms with E-state index in [0.717, 1.165) is 12.1 Å². The molecule has 0 saturated carbocycles. The van der Waals surface area contributed by atoms with Crippen molar-refractivity contribution in [3.05, 3.63) is 35.6 Å². The molecule has 0 bridgehead atoms. The second-order valence-electron chi connectivity index (χ2n) is 5.38. The molecule has 12 heteroatoms. The van der Waals surface area contributed by atoms with Gasteiger partial charge in [0.1, 0.15) is 11.9 Å². The Morgan fingerprint density at radius 3 is 2.29 bits per heavy atom. The molecule has 2 atom stereocenters. The minimum absolute atomic E-state index is 0.0299. The third-order valence-electron chi connectivity index (χ3n) is 3.32. The number of carbonyl (C=O) groups is 5. The molecule has 1 aromatic rings. The van der Waals surface area contributed by atoms with Crippen molar-refractivity contribution in [1.29, 1.82) is 0 Å². The molecule has 0 radical (unpaired) electrons. The predicted molar refractivity (Wildman–Crippen MR) is 89.6 cm³/mol. The Bertz CT molecular complexity index is 725. The van der Waals surface area contributed by atoms with Crippen LogP contribution in [0.3, 0.4) is 0 Å². The fourth-order valence-corrected chi connectivity index (χ4v) is 1.95. The fraction of sp³-hybridized carbons (Fsp3) is 0.312. The molecule has 1 aromatic carbocycles. The summed E-state index contributed by atoms with van der Waals surface area (Å²) in [7, 11) is 0. The van der Waals surface area contributed by atoms with Gasteiger partial charge in [0.05, 0.1) is 6.54 Å². The molecule has 3 amide bonds. The number of aliphatic carboxylic acids is 2. The zero-order valence-corrected chi connectivity index (χ0v) is 14.4. The molecule has 5 N–H and O–H groups in total. The summed E-state index contributed by atoms with van der Waals surface area (Å²) in [6, 6.07) is 2.08. The molecule has 1 rings (SSSR count). The number of carbonyl (C=O) groups excluding carboxylic acids is 3.